The van der Waals surface area contributed by atoms with Gasteiger partial charge in [0, 0.05) is 29.4 Å². The summed E-state index contributed by atoms with van der Waals surface area (Å²) in [5.74, 6) is 1.23. The Morgan fingerprint density at radius 3 is 2.79 bits per heavy atom. The summed E-state index contributed by atoms with van der Waals surface area (Å²) < 4.78 is 7.28. The van der Waals surface area contributed by atoms with Crippen molar-refractivity contribution in [1.29, 1.82) is 0 Å². The first-order valence-electron chi connectivity index (χ1n) is 9.35. The van der Waals surface area contributed by atoms with E-state index in [0.29, 0.717) is 5.75 Å². The number of carbonyl (C=O) groups is 1. The van der Waals surface area contributed by atoms with E-state index in [0.717, 1.165) is 28.1 Å². The number of H-pyrrole nitrogens is 1. The van der Waals surface area contributed by atoms with E-state index in [1.54, 1.807) is 10.9 Å². The molecule has 4 rings (SSSR count). The molecule has 0 unspecified atom stereocenters. The van der Waals surface area contributed by atoms with Crippen molar-refractivity contribution in [3.63, 3.8) is 0 Å². The molecule has 0 aliphatic heterocycles. The van der Waals surface area contributed by atoms with Gasteiger partial charge in [-0.05, 0) is 56.3 Å². The molecule has 3 N–H and O–H groups in total. The number of nitrogens with one attached hydrogen (secondary N) is 3. The molecule has 2 aromatic heterocycles. The van der Waals surface area contributed by atoms with Gasteiger partial charge in [-0.25, -0.2) is 4.68 Å². The highest BCUT2D eigenvalue weighted by Crippen LogP contribution is 2.21. The highest BCUT2D eigenvalue weighted by atomic mass is 16.5. The highest BCUT2D eigenvalue weighted by Gasteiger charge is 2.06. The highest BCUT2D eigenvalue weighted by molar-refractivity contribution is 5.82. The van der Waals surface area contributed by atoms with Crippen molar-refractivity contribution in [1.82, 2.24) is 25.3 Å². The lowest BCUT2D eigenvalue weighted by molar-refractivity contribution is -0.123. The first kappa shape index (κ1) is 18.5. The predicted molar refractivity (Wildman–Crippen MR) is 112 cm³/mol. The molecular formula is C21H22N6O2. The van der Waals surface area contributed by atoms with Gasteiger partial charge in [-0.2, -0.15) is 10.2 Å². The number of anilines is 2. The third-order valence-corrected chi connectivity index (χ3v) is 4.22. The lowest BCUT2D eigenvalue weighted by atomic mass is 10.2. The molecule has 0 saturated heterocycles. The van der Waals surface area contributed by atoms with Crippen molar-refractivity contribution in [2.75, 3.05) is 11.9 Å². The number of rotatable bonds is 7. The number of aromatic amines is 1. The summed E-state index contributed by atoms with van der Waals surface area (Å²) in [5.41, 5.74) is 2.82. The van der Waals surface area contributed by atoms with Gasteiger partial charge >= 0.3 is 0 Å². The summed E-state index contributed by atoms with van der Waals surface area (Å²) in [5, 5.41) is 18.6. The van der Waals surface area contributed by atoms with Crippen LogP contribution in [0.3, 0.4) is 0 Å². The molecule has 0 radical (unpaired) electrons. The summed E-state index contributed by atoms with van der Waals surface area (Å²) in [6.45, 7) is 3.82. The zero-order chi connectivity index (χ0) is 20.2. The number of carbonyl (C=O) groups excluding carboxylic acids is 1. The van der Waals surface area contributed by atoms with Gasteiger partial charge in [0.15, 0.2) is 12.4 Å². The zero-order valence-electron chi connectivity index (χ0n) is 16.2. The van der Waals surface area contributed by atoms with Crippen LogP contribution < -0.4 is 15.4 Å². The van der Waals surface area contributed by atoms with E-state index in [4.69, 9.17) is 4.74 Å². The molecule has 0 spiro atoms. The van der Waals surface area contributed by atoms with Gasteiger partial charge in [0.1, 0.15) is 5.75 Å². The fourth-order valence-corrected chi connectivity index (χ4v) is 2.91. The number of hydrogen-bond acceptors (Lipinski definition) is 5. The van der Waals surface area contributed by atoms with E-state index in [1.165, 1.54) is 0 Å². The summed E-state index contributed by atoms with van der Waals surface area (Å²) in [6, 6.07) is 15.4. The molecule has 0 saturated carbocycles. The first-order chi connectivity index (χ1) is 14.1. The number of aromatic nitrogens is 4. The second kappa shape index (κ2) is 8.05. The van der Waals surface area contributed by atoms with Gasteiger partial charge in [0.2, 0.25) is 0 Å². The van der Waals surface area contributed by atoms with Crippen LogP contribution in [-0.2, 0) is 4.79 Å². The number of ether oxygens (including phenoxy) is 1. The van der Waals surface area contributed by atoms with Gasteiger partial charge in [-0.15, -0.1) is 0 Å². The molecule has 29 heavy (non-hydrogen) atoms. The summed E-state index contributed by atoms with van der Waals surface area (Å²) in [6.07, 6.45) is 3.67. The molecule has 4 aromatic rings. The Hall–Kier alpha value is -3.81. The third-order valence-electron chi connectivity index (χ3n) is 4.22. The molecule has 0 aliphatic carbocycles. The number of fused-ring (bicyclic) bond motifs is 1. The maximum atomic E-state index is 11.7. The third kappa shape index (κ3) is 4.55. The number of hydrogen-bond donors (Lipinski definition) is 3. The van der Waals surface area contributed by atoms with Gasteiger partial charge in [-0.1, -0.05) is 0 Å². The number of benzene rings is 2. The Morgan fingerprint density at radius 1 is 1.17 bits per heavy atom. The largest absolute Gasteiger partial charge is 0.484 e. The lowest BCUT2D eigenvalue weighted by Crippen LogP contribution is -2.34. The normalized spacial score (nSPS) is 11.0. The molecule has 0 bridgehead atoms. The zero-order valence-corrected chi connectivity index (χ0v) is 16.2. The molecule has 0 fully saturated rings. The van der Waals surface area contributed by atoms with Gasteiger partial charge in [-0.3, -0.25) is 9.89 Å². The Kier molecular flexibility index (Phi) is 5.15. The minimum atomic E-state index is -0.138. The fourth-order valence-electron chi connectivity index (χ4n) is 2.91. The van der Waals surface area contributed by atoms with Crippen LogP contribution in [-0.4, -0.2) is 38.5 Å². The average Bonchev–Trinajstić information content (AvgIpc) is 3.35. The molecule has 0 atom stereocenters. The molecule has 2 heterocycles. The summed E-state index contributed by atoms with van der Waals surface area (Å²) in [4.78, 5) is 11.7. The van der Waals surface area contributed by atoms with E-state index in [9.17, 15) is 4.79 Å². The van der Waals surface area contributed by atoms with E-state index in [1.807, 2.05) is 68.6 Å². The molecule has 1 amide bonds. The van der Waals surface area contributed by atoms with Crippen LogP contribution in [0.1, 0.15) is 13.8 Å². The van der Waals surface area contributed by atoms with E-state index in [2.05, 4.69) is 25.9 Å². The lowest BCUT2D eigenvalue weighted by Gasteiger charge is -2.10. The van der Waals surface area contributed by atoms with Crippen LogP contribution in [0.15, 0.2) is 60.9 Å². The topological polar surface area (TPSA) is 96.9 Å². The second-order valence-electron chi connectivity index (χ2n) is 6.95. The molecule has 8 nitrogen and oxygen atoms in total. The van der Waals surface area contributed by atoms with Crippen molar-refractivity contribution in [2.24, 2.45) is 0 Å². The van der Waals surface area contributed by atoms with Crippen molar-refractivity contribution in [2.45, 2.75) is 19.9 Å². The maximum Gasteiger partial charge on any atom is 0.258 e. The monoisotopic (exact) mass is 390 g/mol. The molecule has 148 valence electrons. The van der Waals surface area contributed by atoms with Crippen LogP contribution in [0.4, 0.5) is 11.5 Å². The van der Waals surface area contributed by atoms with Crippen molar-refractivity contribution >= 4 is 28.3 Å². The van der Waals surface area contributed by atoms with Gasteiger partial charge in [0.25, 0.3) is 5.91 Å². The fraction of sp³-hybridized carbons (Fsp3) is 0.190. The number of amides is 1. The minimum absolute atomic E-state index is 0.00558. The molecule has 0 aliphatic rings. The summed E-state index contributed by atoms with van der Waals surface area (Å²) >= 11 is 0. The number of nitrogens with zero attached hydrogens (tertiary/aromatic N) is 3. The average molecular weight is 390 g/mol. The Morgan fingerprint density at radius 2 is 2.00 bits per heavy atom. The van der Waals surface area contributed by atoms with Crippen molar-refractivity contribution in [3.8, 4) is 11.4 Å². The second-order valence-corrected chi connectivity index (χ2v) is 6.95. The van der Waals surface area contributed by atoms with Gasteiger partial charge in [0.05, 0.1) is 17.4 Å². The quantitative estimate of drug-likeness (QED) is 0.449. The van der Waals surface area contributed by atoms with Crippen molar-refractivity contribution in [3.05, 3.63) is 60.9 Å². The van der Waals surface area contributed by atoms with Gasteiger partial charge < -0.3 is 15.4 Å². The minimum Gasteiger partial charge on any atom is -0.484 e. The molecule has 2 aromatic carbocycles. The van der Waals surface area contributed by atoms with Crippen LogP contribution in [0.5, 0.6) is 5.75 Å². The first-order valence-corrected chi connectivity index (χ1v) is 9.35. The molecular weight excluding hydrogens is 368 g/mol. The maximum absolute atomic E-state index is 11.7. The predicted octanol–water partition coefficient (Wildman–Crippen LogP) is 3.40. The van der Waals surface area contributed by atoms with E-state index >= 15 is 0 Å². The Bertz CT molecular complexity index is 1110. The molecule has 8 heteroatoms. The van der Waals surface area contributed by atoms with Crippen molar-refractivity contribution < 1.29 is 9.53 Å². The van der Waals surface area contributed by atoms with Crippen LogP contribution in [0.25, 0.3) is 16.6 Å². The Balaban J connectivity index is 1.39. The van der Waals surface area contributed by atoms with Crippen LogP contribution >= 0.6 is 0 Å². The summed E-state index contributed by atoms with van der Waals surface area (Å²) in [7, 11) is 0. The van der Waals surface area contributed by atoms with E-state index in [-0.39, 0.29) is 18.6 Å². The van der Waals surface area contributed by atoms with Crippen LogP contribution in [0, 0.1) is 0 Å². The SMILES string of the molecule is CC(C)NC(=O)COc1ccc(-n2ccc(Nc3ccc4[nH]ncc4c3)n2)cc1. The smallest absolute Gasteiger partial charge is 0.258 e. The Labute approximate surface area is 167 Å². The van der Waals surface area contributed by atoms with Crippen LogP contribution in [0.2, 0.25) is 0 Å². The van der Waals surface area contributed by atoms with E-state index < -0.39 is 0 Å². The standard InChI is InChI=1S/C21H22N6O2/c1-14(2)23-21(28)13-29-18-6-4-17(5-7-18)27-10-9-20(26-27)24-16-3-8-19-15(11-16)12-22-25-19/h3-12,14H,13H2,1-2H3,(H,22,25)(H,23,28)(H,24,26).